The summed E-state index contributed by atoms with van der Waals surface area (Å²) in [5.74, 6) is 0.703. The zero-order valence-electron chi connectivity index (χ0n) is 12.2. The van der Waals surface area contributed by atoms with Crippen molar-refractivity contribution in [3.05, 3.63) is 23.9 Å². The van der Waals surface area contributed by atoms with E-state index in [0.29, 0.717) is 12.0 Å². The summed E-state index contributed by atoms with van der Waals surface area (Å²) in [6, 6.07) is 6.34. The SMILES string of the molecule is CCN(CC)CC(C)Nc1nc2cccc(C)n2n1. The Morgan fingerprint density at radius 2 is 2.05 bits per heavy atom. The second-order valence-electron chi connectivity index (χ2n) is 4.90. The van der Waals surface area contributed by atoms with Gasteiger partial charge in [-0.3, -0.25) is 0 Å². The number of nitrogens with one attached hydrogen (secondary N) is 1. The summed E-state index contributed by atoms with van der Waals surface area (Å²) in [6.07, 6.45) is 0. The maximum atomic E-state index is 4.49. The van der Waals surface area contributed by atoms with Gasteiger partial charge in [0, 0.05) is 18.3 Å². The van der Waals surface area contributed by atoms with Crippen molar-refractivity contribution in [2.45, 2.75) is 33.7 Å². The van der Waals surface area contributed by atoms with Crippen LogP contribution in [0.25, 0.3) is 5.65 Å². The summed E-state index contributed by atoms with van der Waals surface area (Å²) >= 11 is 0. The number of anilines is 1. The van der Waals surface area contributed by atoms with Crippen LogP contribution in [0.5, 0.6) is 0 Å². The molecule has 0 spiro atoms. The average Bonchev–Trinajstić information content (AvgIpc) is 2.79. The molecule has 5 heteroatoms. The van der Waals surface area contributed by atoms with Crippen molar-refractivity contribution >= 4 is 11.6 Å². The Morgan fingerprint density at radius 1 is 1.32 bits per heavy atom. The Hall–Kier alpha value is -1.62. The third-order valence-electron chi connectivity index (χ3n) is 3.35. The van der Waals surface area contributed by atoms with Gasteiger partial charge in [-0.05, 0) is 39.1 Å². The first kappa shape index (κ1) is 13.8. The maximum absolute atomic E-state index is 4.49. The lowest BCUT2D eigenvalue weighted by molar-refractivity contribution is 0.294. The van der Waals surface area contributed by atoms with Gasteiger partial charge in [0.2, 0.25) is 5.95 Å². The zero-order chi connectivity index (χ0) is 13.8. The highest BCUT2D eigenvalue weighted by Crippen LogP contribution is 2.09. The molecule has 1 unspecified atom stereocenters. The molecule has 0 fully saturated rings. The van der Waals surface area contributed by atoms with E-state index in [2.05, 4.69) is 41.1 Å². The van der Waals surface area contributed by atoms with Crippen LogP contribution in [0.15, 0.2) is 18.2 Å². The Bertz CT molecular complexity index is 530. The molecule has 19 heavy (non-hydrogen) atoms. The number of hydrogen-bond acceptors (Lipinski definition) is 4. The maximum Gasteiger partial charge on any atom is 0.243 e. The first-order chi connectivity index (χ1) is 9.13. The molecule has 0 aliphatic rings. The lowest BCUT2D eigenvalue weighted by Crippen LogP contribution is -2.35. The lowest BCUT2D eigenvalue weighted by Gasteiger charge is -2.22. The quantitative estimate of drug-likeness (QED) is 0.865. The second-order valence-corrected chi connectivity index (χ2v) is 4.90. The number of likely N-dealkylation sites (N-methyl/N-ethyl adjacent to an activating group) is 1. The molecule has 2 aromatic rings. The summed E-state index contributed by atoms with van der Waals surface area (Å²) in [5, 5.41) is 7.86. The van der Waals surface area contributed by atoms with Gasteiger partial charge in [0.15, 0.2) is 5.65 Å². The Kier molecular flexibility index (Phi) is 4.37. The topological polar surface area (TPSA) is 45.5 Å². The Morgan fingerprint density at radius 3 is 2.68 bits per heavy atom. The predicted molar refractivity (Wildman–Crippen MR) is 78.6 cm³/mol. The minimum absolute atomic E-state index is 0.331. The molecule has 0 amide bonds. The molecule has 2 aromatic heterocycles. The van der Waals surface area contributed by atoms with Crippen molar-refractivity contribution in [2.75, 3.05) is 25.0 Å². The van der Waals surface area contributed by atoms with Crippen molar-refractivity contribution in [3.63, 3.8) is 0 Å². The van der Waals surface area contributed by atoms with Crippen molar-refractivity contribution in [1.29, 1.82) is 0 Å². The summed E-state index contributed by atoms with van der Waals surface area (Å²) < 4.78 is 1.87. The molecular formula is C14H23N5. The summed E-state index contributed by atoms with van der Waals surface area (Å²) in [6.45, 7) is 11.7. The molecule has 2 heterocycles. The first-order valence-corrected chi connectivity index (χ1v) is 6.95. The smallest absolute Gasteiger partial charge is 0.243 e. The van der Waals surface area contributed by atoms with Gasteiger partial charge in [0.25, 0.3) is 0 Å². The standard InChI is InChI=1S/C14H23N5/c1-5-18(6-2)10-11(3)15-14-16-13-9-7-8-12(4)19(13)17-14/h7-9,11H,5-6,10H2,1-4H3,(H,15,17). The van der Waals surface area contributed by atoms with Crippen LogP contribution in [0, 0.1) is 6.92 Å². The van der Waals surface area contributed by atoms with E-state index < -0.39 is 0 Å². The number of pyridine rings is 1. The highest BCUT2D eigenvalue weighted by molar-refractivity contribution is 5.44. The van der Waals surface area contributed by atoms with Gasteiger partial charge < -0.3 is 10.2 Å². The summed E-state index contributed by atoms with van der Waals surface area (Å²) in [5.41, 5.74) is 1.98. The van der Waals surface area contributed by atoms with Crippen molar-refractivity contribution in [3.8, 4) is 0 Å². The van der Waals surface area contributed by atoms with Crippen molar-refractivity contribution in [2.24, 2.45) is 0 Å². The van der Waals surface area contributed by atoms with E-state index in [4.69, 9.17) is 0 Å². The number of hydrogen-bond donors (Lipinski definition) is 1. The highest BCUT2D eigenvalue weighted by atomic mass is 15.4. The summed E-state index contributed by atoms with van der Waals surface area (Å²) in [7, 11) is 0. The third kappa shape index (κ3) is 3.23. The summed E-state index contributed by atoms with van der Waals surface area (Å²) in [4.78, 5) is 6.88. The van der Waals surface area contributed by atoms with E-state index in [1.807, 2.05) is 29.6 Å². The Labute approximate surface area is 114 Å². The number of nitrogens with zero attached hydrogens (tertiary/aromatic N) is 4. The molecule has 0 saturated carbocycles. The molecule has 0 aliphatic heterocycles. The predicted octanol–water partition coefficient (Wildman–Crippen LogP) is 2.18. The third-order valence-corrected chi connectivity index (χ3v) is 3.35. The molecule has 1 atom stereocenters. The van der Waals surface area contributed by atoms with E-state index in [-0.39, 0.29) is 0 Å². The molecule has 0 bridgehead atoms. The largest absolute Gasteiger partial charge is 0.349 e. The fourth-order valence-electron chi connectivity index (χ4n) is 2.23. The molecule has 0 radical (unpaired) electrons. The molecule has 0 saturated heterocycles. The minimum atomic E-state index is 0.331. The zero-order valence-corrected chi connectivity index (χ0v) is 12.2. The van der Waals surface area contributed by atoms with Gasteiger partial charge in [0.1, 0.15) is 0 Å². The fraction of sp³-hybridized carbons (Fsp3) is 0.571. The van der Waals surface area contributed by atoms with Crippen LogP contribution in [0.3, 0.4) is 0 Å². The highest BCUT2D eigenvalue weighted by Gasteiger charge is 2.10. The number of aromatic nitrogens is 3. The molecule has 1 N–H and O–H groups in total. The van der Waals surface area contributed by atoms with E-state index in [0.717, 1.165) is 31.0 Å². The van der Waals surface area contributed by atoms with E-state index in [1.165, 1.54) is 0 Å². The molecular weight excluding hydrogens is 238 g/mol. The van der Waals surface area contributed by atoms with E-state index >= 15 is 0 Å². The molecule has 104 valence electrons. The first-order valence-electron chi connectivity index (χ1n) is 6.95. The van der Waals surface area contributed by atoms with Crippen molar-refractivity contribution in [1.82, 2.24) is 19.5 Å². The molecule has 5 nitrogen and oxygen atoms in total. The van der Waals surface area contributed by atoms with Crippen LogP contribution in [0.1, 0.15) is 26.5 Å². The van der Waals surface area contributed by atoms with Gasteiger partial charge in [-0.2, -0.15) is 4.98 Å². The molecule has 0 aromatic carbocycles. The normalized spacial score (nSPS) is 13.1. The molecule has 0 aliphatic carbocycles. The van der Waals surface area contributed by atoms with Crippen LogP contribution >= 0.6 is 0 Å². The fourth-order valence-corrected chi connectivity index (χ4v) is 2.23. The second kappa shape index (κ2) is 6.02. The van der Waals surface area contributed by atoms with Crippen LogP contribution in [0.4, 0.5) is 5.95 Å². The number of fused-ring (bicyclic) bond motifs is 1. The van der Waals surface area contributed by atoms with Crippen LogP contribution < -0.4 is 5.32 Å². The lowest BCUT2D eigenvalue weighted by atomic mass is 10.3. The van der Waals surface area contributed by atoms with Crippen molar-refractivity contribution < 1.29 is 0 Å². The minimum Gasteiger partial charge on any atom is -0.349 e. The number of rotatable bonds is 6. The van der Waals surface area contributed by atoms with E-state index in [9.17, 15) is 0 Å². The van der Waals surface area contributed by atoms with Crippen LogP contribution in [-0.4, -0.2) is 45.2 Å². The molecule has 2 rings (SSSR count). The van der Waals surface area contributed by atoms with Gasteiger partial charge >= 0.3 is 0 Å². The van der Waals surface area contributed by atoms with E-state index in [1.54, 1.807) is 0 Å². The van der Waals surface area contributed by atoms with Crippen LogP contribution in [-0.2, 0) is 0 Å². The van der Waals surface area contributed by atoms with Gasteiger partial charge in [-0.25, -0.2) is 4.52 Å². The van der Waals surface area contributed by atoms with Gasteiger partial charge in [-0.15, -0.1) is 5.10 Å². The van der Waals surface area contributed by atoms with Gasteiger partial charge in [0.05, 0.1) is 0 Å². The average molecular weight is 261 g/mol. The Balaban J connectivity index is 2.07. The number of aryl methyl sites for hydroxylation is 1. The monoisotopic (exact) mass is 261 g/mol. The van der Waals surface area contributed by atoms with Crippen LogP contribution in [0.2, 0.25) is 0 Å². The van der Waals surface area contributed by atoms with Gasteiger partial charge in [-0.1, -0.05) is 19.9 Å².